The Morgan fingerprint density at radius 1 is 1.43 bits per heavy atom. The summed E-state index contributed by atoms with van der Waals surface area (Å²) in [7, 11) is 3.64. The van der Waals surface area contributed by atoms with E-state index < -0.39 is 5.97 Å². The molecule has 0 spiro atoms. The summed E-state index contributed by atoms with van der Waals surface area (Å²) in [5.41, 5.74) is 0.601. The normalized spacial score (nSPS) is 10.5. The minimum Gasteiger partial charge on any atom is -0.508 e. The summed E-state index contributed by atoms with van der Waals surface area (Å²) in [4.78, 5) is 12.6. The Morgan fingerprint density at radius 2 is 2.07 bits per heavy atom. The van der Waals surface area contributed by atoms with Gasteiger partial charge in [0, 0.05) is 12.1 Å². The third-order valence-corrected chi connectivity index (χ3v) is 1.86. The van der Waals surface area contributed by atoms with Crippen molar-refractivity contribution < 1.29 is 15.0 Å². The van der Waals surface area contributed by atoms with Gasteiger partial charge in [-0.05, 0) is 26.2 Å². The molecule has 76 valence electrons. The Morgan fingerprint density at radius 3 is 2.57 bits per heavy atom. The van der Waals surface area contributed by atoms with Crippen LogP contribution in [0, 0.1) is 0 Å². The van der Waals surface area contributed by atoms with Crippen LogP contribution < -0.4 is 0 Å². The van der Waals surface area contributed by atoms with Crippen LogP contribution in [-0.2, 0) is 6.54 Å². The number of aromatic carboxylic acids is 1. The molecule has 0 atom stereocenters. The summed E-state index contributed by atoms with van der Waals surface area (Å²) in [6, 6.07) is 4.50. The van der Waals surface area contributed by atoms with Crippen molar-refractivity contribution in [3.05, 3.63) is 29.3 Å². The van der Waals surface area contributed by atoms with Crippen LogP contribution in [0.1, 0.15) is 15.9 Å². The van der Waals surface area contributed by atoms with Crippen molar-refractivity contribution in [2.45, 2.75) is 6.54 Å². The van der Waals surface area contributed by atoms with E-state index in [-0.39, 0.29) is 11.3 Å². The van der Waals surface area contributed by atoms with Gasteiger partial charge in [0.2, 0.25) is 0 Å². The van der Waals surface area contributed by atoms with Crippen molar-refractivity contribution in [3.8, 4) is 5.75 Å². The Labute approximate surface area is 82.4 Å². The van der Waals surface area contributed by atoms with Gasteiger partial charge in [-0.2, -0.15) is 0 Å². The maximum atomic E-state index is 10.8. The van der Waals surface area contributed by atoms with E-state index in [0.717, 1.165) is 0 Å². The molecule has 0 bridgehead atoms. The summed E-state index contributed by atoms with van der Waals surface area (Å²) in [6.07, 6.45) is 0. The molecule has 0 aromatic heterocycles. The minimum atomic E-state index is -1.02. The van der Waals surface area contributed by atoms with Gasteiger partial charge in [-0.3, -0.25) is 0 Å². The summed E-state index contributed by atoms with van der Waals surface area (Å²) >= 11 is 0. The smallest absolute Gasteiger partial charge is 0.336 e. The van der Waals surface area contributed by atoms with E-state index in [2.05, 4.69) is 0 Å². The van der Waals surface area contributed by atoms with Crippen LogP contribution in [-0.4, -0.2) is 35.2 Å². The van der Waals surface area contributed by atoms with E-state index in [4.69, 9.17) is 5.11 Å². The van der Waals surface area contributed by atoms with E-state index >= 15 is 0 Å². The maximum Gasteiger partial charge on any atom is 0.336 e. The number of hydrogen-bond donors (Lipinski definition) is 2. The molecular weight excluding hydrogens is 182 g/mol. The SMILES string of the molecule is CN(C)Cc1c(O)cccc1C(=O)O. The summed E-state index contributed by atoms with van der Waals surface area (Å²) in [6.45, 7) is 0.411. The molecule has 0 unspecified atom stereocenters. The van der Waals surface area contributed by atoms with Crippen molar-refractivity contribution in [3.63, 3.8) is 0 Å². The second-order valence-electron chi connectivity index (χ2n) is 3.35. The highest BCUT2D eigenvalue weighted by Crippen LogP contribution is 2.22. The van der Waals surface area contributed by atoms with E-state index in [0.29, 0.717) is 12.1 Å². The number of carboxylic acids is 1. The van der Waals surface area contributed by atoms with E-state index in [1.54, 1.807) is 0 Å². The number of carboxylic acid groups (broad SMARTS) is 1. The molecule has 2 N–H and O–H groups in total. The highest BCUT2D eigenvalue weighted by atomic mass is 16.4. The summed E-state index contributed by atoms with van der Waals surface area (Å²) < 4.78 is 0. The van der Waals surface area contributed by atoms with Gasteiger partial charge in [0.1, 0.15) is 5.75 Å². The first kappa shape index (κ1) is 10.5. The number of hydrogen-bond acceptors (Lipinski definition) is 3. The lowest BCUT2D eigenvalue weighted by molar-refractivity contribution is 0.0694. The largest absolute Gasteiger partial charge is 0.508 e. The molecule has 0 aliphatic rings. The molecule has 4 nitrogen and oxygen atoms in total. The third kappa shape index (κ3) is 2.23. The van der Waals surface area contributed by atoms with E-state index in [9.17, 15) is 9.90 Å². The summed E-state index contributed by atoms with van der Waals surface area (Å²) in [5.74, 6) is -0.989. The molecule has 0 heterocycles. The van der Waals surface area contributed by atoms with Crippen LogP contribution in [0.4, 0.5) is 0 Å². The molecule has 0 amide bonds. The van der Waals surface area contributed by atoms with E-state index in [1.165, 1.54) is 18.2 Å². The fourth-order valence-corrected chi connectivity index (χ4v) is 1.26. The number of rotatable bonds is 3. The zero-order valence-corrected chi connectivity index (χ0v) is 8.19. The number of nitrogens with zero attached hydrogens (tertiary/aromatic N) is 1. The number of phenols is 1. The predicted molar refractivity (Wildman–Crippen MR) is 52.5 cm³/mol. The number of benzene rings is 1. The average molecular weight is 195 g/mol. The average Bonchev–Trinajstić information content (AvgIpc) is 2.07. The van der Waals surface area contributed by atoms with Gasteiger partial charge >= 0.3 is 5.97 Å². The molecule has 0 aliphatic heterocycles. The quantitative estimate of drug-likeness (QED) is 0.759. The van der Waals surface area contributed by atoms with Crippen LogP contribution >= 0.6 is 0 Å². The molecule has 0 aliphatic carbocycles. The van der Waals surface area contributed by atoms with Crippen LogP contribution in [0.15, 0.2) is 18.2 Å². The zero-order valence-electron chi connectivity index (χ0n) is 8.19. The van der Waals surface area contributed by atoms with Gasteiger partial charge in [-0.25, -0.2) is 4.79 Å². The van der Waals surface area contributed by atoms with Gasteiger partial charge in [0.05, 0.1) is 5.56 Å². The van der Waals surface area contributed by atoms with Gasteiger partial charge < -0.3 is 15.1 Å². The first-order chi connectivity index (χ1) is 6.52. The highest BCUT2D eigenvalue weighted by molar-refractivity contribution is 5.90. The zero-order chi connectivity index (χ0) is 10.7. The first-order valence-electron chi connectivity index (χ1n) is 4.21. The van der Waals surface area contributed by atoms with Gasteiger partial charge in [-0.1, -0.05) is 6.07 Å². The number of phenolic OH excluding ortho intramolecular Hbond substituents is 1. The predicted octanol–water partition coefficient (Wildman–Crippen LogP) is 1.15. The highest BCUT2D eigenvalue weighted by Gasteiger charge is 2.13. The molecule has 1 rings (SSSR count). The lowest BCUT2D eigenvalue weighted by Gasteiger charge is -2.13. The molecule has 1 aromatic carbocycles. The van der Waals surface area contributed by atoms with Crippen molar-refractivity contribution >= 4 is 5.97 Å². The fraction of sp³-hybridized carbons (Fsp3) is 0.300. The van der Waals surface area contributed by atoms with Gasteiger partial charge in [0.15, 0.2) is 0 Å². The third-order valence-electron chi connectivity index (χ3n) is 1.86. The van der Waals surface area contributed by atoms with Gasteiger partial charge in [-0.15, -0.1) is 0 Å². The Balaban J connectivity index is 3.15. The maximum absolute atomic E-state index is 10.8. The fourth-order valence-electron chi connectivity index (χ4n) is 1.26. The molecule has 0 fully saturated rings. The second kappa shape index (κ2) is 4.11. The second-order valence-corrected chi connectivity index (χ2v) is 3.35. The van der Waals surface area contributed by atoms with Crippen molar-refractivity contribution in [1.82, 2.24) is 4.90 Å². The number of carbonyl (C=O) groups is 1. The Hall–Kier alpha value is -1.55. The molecule has 14 heavy (non-hydrogen) atoms. The minimum absolute atomic E-state index is 0.0265. The van der Waals surface area contributed by atoms with Crippen molar-refractivity contribution in [1.29, 1.82) is 0 Å². The molecule has 4 heteroatoms. The number of aromatic hydroxyl groups is 1. The van der Waals surface area contributed by atoms with Crippen molar-refractivity contribution in [2.24, 2.45) is 0 Å². The molecule has 0 saturated carbocycles. The van der Waals surface area contributed by atoms with Crippen LogP contribution in [0.3, 0.4) is 0 Å². The Kier molecular flexibility index (Phi) is 3.09. The van der Waals surface area contributed by atoms with Gasteiger partial charge in [0.25, 0.3) is 0 Å². The van der Waals surface area contributed by atoms with E-state index in [1.807, 2.05) is 19.0 Å². The standard InChI is InChI=1S/C10H13NO3/c1-11(2)6-8-7(10(13)14)4-3-5-9(8)12/h3-5,12H,6H2,1-2H3,(H,13,14). The first-order valence-corrected chi connectivity index (χ1v) is 4.21. The van der Waals surface area contributed by atoms with Crippen molar-refractivity contribution in [2.75, 3.05) is 14.1 Å². The van der Waals surface area contributed by atoms with Crippen LogP contribution in [0.25, 0.3) is 0 Å². The Bertz CT molecular complexity index is 347. The monoisotopic (exact) mass is 195 g/mol. The van der Waals surface area contributed by atoms with Crippen LogP contribution in [0.5, 0.6) is 5.75 Å². The molecule has 0 radical (unpaired) electrons. The molecular formula is C10H13NO3. The summed E-state index contributed by atoms with van der Waals surface area (Å²) in [5, 5.41) is 18.4. The lowest BCUT2D eigenvalue weighted by Crippen LogP contribution is -2.14. The lowest BCUT2D eigenvalue weighted by atomic mass is 10.1. The topological polar surface area (TPSA) is 60.8 Å². The molecule has 1 aromatic rings. The van der Waals surface area contributed by atoms with Crippen LogP contribution in [0.2, 0.25) is 0 Å². The molecule has 0 saturated heterocycles.